The first-order valence-corrected chi connectivity index (χ1v) is 10.9. The molecule has 0 amide bonds. The smallest absolute Gasteiger partial charge is 0.274 e. The van der Waals surface area contributed by atoms with Crippen molar-refractivity contribution in [1.29, 1.82) is 0 Å². The molecule has 1 fully saturated rings. The lowest BCUT2D eigenvalue weighted by Gasteiger charge is -2.31. The molecule has 6 nitrogen and oxygen atoms in total. The summed E-state index contributed by atoms with van der Waals surface area (Å²) in [6.45, 7) is 10.4. The van der Waals surface area contributed by atoms with E-state index in [1.54, 1.807) is 4.90 Å². The molecule has 0 saturated carbocycles. The number of nitrogens with one attached hydrogen (secondary N) is 2. The van der Waals surface area contributed by atoms with Crippen molar-refractivity contribution in [3.05, 3.63) is 65.0 Å². The Balaban J connectivity index is 1.24. The number of hydrogen-bond donors (Lipinski definition) is 2. The van der Waals surface area contributed by atoms with Gasteiger partial charge in [-0.3, -0.25) is 0 Å². The highest BCUT2D eigenvalue weighted by Gasteiger charge is 2.31. The summed E-state index contributed by atoms with van der Waals surface area (Å²) in [7, 11) is 0. The van der Waals surface area contributed by atoms with Crippen LogP contribution in [0.4, 0.5) is 0 Å². The molecule has 3 aromatic rings. The van der Waals surface area contributed by atoms with Crippen LogP contribution < -0.4 is 14.5 Å². The standard InChI is InChI=1S/C23H27ClN4O2/c1-17-3-5-19(6-4-17)23-26-25-22(30-23)18(2)28-13-11-27(12-14-28)15-16-29-21-9-7-20(24)8-10-21/h3-10,18H,11-16H2,1-2H3/p+2/t18-/m1/s1. The summed E-state index contributed by atoms with van der Waals surface area (Å²) in [6.07, 6.45) is 0. The molecule has 1 aliphatic rings. The highest BCUT2D eigenvalue weighted by molar-refractivity contribution is 6.30. The number of ether oxygens (including phenoxy) is 1. The fourth-order valence-electron chi connectivity index (χ4n) is 3.85. The van der Waals surface area contributed by atoms with Gasteiger partial charge in [0.15, 0.2) is 6.04 Å². The molecule has 0 spiro atoms. The fourth-order valence-corrected chi connectivity index (χ4v) is 3.97. The summed E-state index contributed by atoms with van der Waals surface area (Å²) >= 11 is 5.91. The van der Waals surface area contributed by atoms with E-state index in [2.05, 4.69) is 36.2 Å². The maximum absolute atomic E-state index is 5.99. The second kappa shape index (κ2) is 9.60. The van der Waals surface area contributed by atoms with E-state index in [1.165, 1.54) is 10.5 Å². The lowest BCUT2D eigenvalue weighted by molar-refractivity contribution is -1.03. The van der Waals surface area contributed by atoms with Crippen LogP contribution >= 0.6 is 11.6 Å². The van der Waals surface area contributed by atoms with Crippen molar-refractivity contribution in [2.45, 2.75) is 19.9 Å². The Hall–Kier alpha value is -2.41. The molecule has 1 atom stereocenters. The molecule has 2 N–H and O–H groups in total. The molecule has 4 rings (SSSR count). The van der Waals surface area contributed by atoms with Gasteiger partial charge in [0.25, 0.3) is 5.89 Å². The molecule has 2 aromatic carbocycles. The number of hydrogen-bond acceptors (Lipinski definition) is 4. The third-order valence-corrected chi connectivity index (χ3v) is 6.11. The predicted molar refractivity (Wildman–Crippen MR) is 116 cm³/mol. The largest absolute Gasteiger partial charge is 0.488 e. The zero-order valence-corrected chi connectivity index (χ0v) is 18.3. The zero-order chi connectivity index (χ0) is 20.9. The normalized spacial score (nSPS) is 20.1. The van der Waals surface area contributed by atoms with Crippen LogP contribution in [0.15, 0.2) is 52.9 Å². The van der Waals surface area contributed by atoms with Gasteiger partial charge in [-0.25, -0.2) is 0 Å². The molecule has 1 aliphatic heterocycles. The van der Waals surface area contributed by atoms with E-state index in [9.17, 15) is 0 Å². The molecule has 2 heterocycles. The lowest BCUT2D eigenvalue weighted by Crippen LogP contribution is -3.28. The van der Waals surface area contributed by atoms with E-state index in [0.717, 1.165) is 55.0 Å². The van der Waals surface area contributed by atoms with E-state index in [4.69, 9.17) is 20.8 Å². The van der Waals surface area contributed by atoms with Gasteiger partial charge in [-0.1, -0.05) is 29.3 Å². The maximum Gasteiger partial charge on any atom is 0.274 e. The summed E-state index contributed by atoms with van der Waals surface area (Å²) in [5.41, 5.74) is 2.19. The van der Waals surface area contributed by atoms with Crippen LogP contribution in [0, 0.1) is 6.92 Å². The van der Waals surface area contributed by atoms with Gasteiger partial charge < -0.3 is 19.0 Å². The molecule has 7 heteroatoms. The number of quaternary nitrogens is 2. The van der Waals surface area contributed by atoms with Gasteiger partial charge in [0.2, 0.25) is 5.89 Å². The Morgan fingerprint density at radius 1 is 1.00 bits per heavy atom. The number of halogens is 1. The number of rotatable bonds is 7. The molecule has 1 aromatic heterocycles. The SMILES string of the molecule is Cc1ccc(-c2nnc([C@@H](C)[NH+]3CC[NH+](CCOc4ccc(Cl)cc4)CC3)o2)cc1. The Kier molecular flexibility index (Phi) is 6.67. The number of aromatic nitrogens is 2. The fraction of sp³-hybridized carbons (Fsp3) is 0.391. The molecule has 0 unspecified atom stereocenters. The first-order chi connectivity index (χ1) is 14.6. The van der Waals surface area contributed by atoms with Crippen LogP contribution in [0.2, 0.25) is 5.02 Å². The topological polar surface area (TPSA) is 57.0 Å². The number of aryl methyl sites for hydroxylation is 1. The summed E-state index contributed by atoms with van der Waals surface area (Å²) in [4.78, 5) is 3.07. The minimum Gasteiger partial charge on any atom is -0.488 e. The zero-order valence-electron chi connectivity index (χ0n) is 17.5. The van der Waals surface area contributed by atoms with E-state index in [0.29, 0.717) is 12.5 Å². The average molecular weight is 429 g/mol. The van der Waals surface area contributed by atoms with E-state index < -0.39 is 0 Å². The van der Waals surface area contributed by atoms with Gasteiger partial charge in [0.05, 0.1) is 0 Å². The predicted octanol–water partition coefficient (Wildman–Crippen LogP) is 1.62. The van der Waals surface area contributed by atoms with Crippen molar-refractivity contribution in [2.24, 2.45) is 0 Å². The van der Waals surface area contributed by atoms with E-state index in [1.807, 2.05) is 36.4 Å². The number of benzene rings is 2. The summed E-state index contributed by atoms with van der Waals surface area (Å²) in [5, 5.41) is 9.32. The van der Waals surface area contributed by atoms with Gasteiger partial charge >= 0.3 is 0 Å². The van der Waals surface area contributed by atoms with Crippen molar-refractivity contribution in [2.75, 3.05) is 39.3 Å². The Morgan fingerprint density at radius 2 is 1.70 bits per heavy atom. The number of piperazine rings is 1. The Bertz CT molecular complexity index is 935. The highest BCUT2D eigenvalue weighted by atomic mass is 35.5. The van der Waals surface area contributed by atoms with Crippen molar-refractivity contribution in [3.63, 3.8) is 0 Å². The van der Waals surface area contributed by atoms with Crippen LogP contribution in [-0.2, 0) is 0 Å². The van der Waals surface area contributed by atoms with Crippen molar-refractivity contribution < 1.29 is 19.0 Å². The first kappa shape index (κ1) is 20.8. The van der Waals surface area contributed by atoms with Gasteiger partial charge in [0, 0.05) is 10.6 Å². The second-order valence-corrected chi connectivity index (χ2v) is 8.43. The lowest BCUT2D eigenvalue weighted by atomic mass is 10.1. The molecule has 30 heavy (non-hydrogen) atoms. The summed E-state index contributed by atoms with van der Waals surface area (Å²) in [5.74, 6) is 2.19. The van der Waals surface area contributed by atoms with E-state index >= 15 is 0 Å². The van der Waals surface area contributed by atoms with Gasteiger partial charge in [-0.2, -0.15) is 0 Å². The molecule has 158 valence electrons. The number of nitrogens with zero attached hydrogens (tertiary/aromatic N) is 2. The minimum absolute atomic E-state index is 0.198. The van der Waals surface area contributed by atoms with Gasteiger partial charge in [-0.05, 0) is 50.2 Å². The minimum atomic E-state index is 0.198. The quantitative estimate of drug-likeness (QED) is 0.600. The molecule has 0 radical (unpaired) electrons. The van der Waals surface area contributed by atoms with E-state index in [-0.39, 0.29) is 6.04 Å². The molecule has 0 aliphatic carbocycles. The van der Waals surface area contributed by atoms with Gasteiger partial charge in [0.1, 0.15) is 45.1 Å². The van der Waals surface area contributed by atoms with Crippen LogP contribution in [0.3, 0.4) is 0 Å². The Morgan fingerprint density at radius 3 is 2.40 bits per heavy atom. The molecular weight excluding hydrogens is 400 g/mol. The second-order valence-electron chi connectivity index (χ2n) is 7.99. The third kappa shape index (κ3) is 5.19. The van der Waals surface area contributed by atoms with Gasteiger partial charge in [-0.15, -0.1) is 10.2 Å². The highest BCUT2D eigenvalue weighted by Crippen LogP contribution is 2.20. The van der Waals surface area contributed by atoms with Crippen LogP contribution in [0.25, 0.3) is 11.5 Å². The Labute approximate surface area is 182 Å². The first-order valence-electron chi connectivity index (χ1n) is 10.6. The summed E-state index contributed by atoms with van der Waals surface area (Å²) < 4.78 is 11.8. The van der Waals surface area contributed by atoms with Crippen molar-refractivity contribution in [1.82, 2.24) is 10.2 Å². The molecular formula is C23H29ClN4O2+2. The van der Waals surface area contributed by atoms with Crippen molar-refractivity contribution >= 4 is 11.6 Å². The summed E-state index contributed by atoms with van der Waals surface area (Å²) in [6, 6.07) is 15.9. The molecule has 0 bridgehead atoms. The molecule has 1 saturated heterocycles. The maximum atomic E-state index is 5.99. The van der Waals surface area contributed by atoms with Crippen LogP contribution in [0.1, 0.15) is 24.4 Å². The van der Waals surface area contributed by atoms with Crippen LogP contribution in [0.5, 0.6) is 5.75 Å². The van der Waals surface area contributed by atoms with Crippen LogP contribution in [-0.4, -0.2) is 49.5 Å². The van der Waals surface area contributed by atoms with Crippen molar-refractivity contribution in [3.8, 4) is 17.2 Å². The average Bonchev–Trinajstić information content (AvgIpc) is 3.26. The third-order valence-electron chi connectivity index (χ3n) is 5.86. The monoisotopic (exact) mass is 428 g/mol.